The lowest BCUT2D eigenvalue weighted by molar-refractivity contribution is 0.475. The number of nitrogens with one attached hydrogen (secondary N) is 1. The molecule has 0 aliphatic heterocycles. The molecule has 5 heteroatoms. The molecule has 1 aromatic carbocycles. The van der Waals surface area contributed by atoms with Crippen LogP contribution in [0.5, 0.6) is 5.75 Å². The van der Waals surface area contributed by atoms with Gasteiger partial charge in [0.25, 0.3) is 0 Å². The zero-order chi connectivity index (χ0) is 13.0. The first kappa shape index (κ1) is 13.0. The number of rotatable bonds is 5. The molecule has 2 rings (SSSR count). The zero-order valence-electron chi connectivity index (χ0n) is 10.6. The van der Waals surface area contributed by atoms with Crippen LogP contribution in [0.4, 0.5) is 0 Å². The molecule has 0 bridgehead atoms. The quantitative estimate of drug-likeness (QED) is 0.870. The minimum atomic E-state index is 0.216. The van der Waals surface area contributed by atoms with Crippen molar-refractivity contribution in [2.45, 2.75) is 26.3 Å². The van der Waals surface area contributed by atoms with Crippen LogP contribution in [0.25, 0.3) is 10.6 Å². The van der Waals surface area contributed by atoms with Crippen molar-refractivity contribution in [3.8, 4) is 16.3 Å². The lowest BCUT2D eigenvalue weighted by atomic mass is 10.2. The van der Waals surface area contributed by atoms with E-state index in [4.69, 9.17) is 0 Å². The van der Waals surface area contributed by atoms with E-state index in [1.165, 1.54) is 0 Å². The third-order valence-electron chi connectivity index (χ3n) is 2.60. The summed E-state index contributed by atoms with van der Waals surface area (Å²) in [5.41, 5.74) is 0.904. The van der Waals surface area contributed by atoms with Gasteiger partial charge in [0.1, 0.15) is 15.8 Å². The second kappa shape index (κ2) is 5.93. The van der Waals surface area contributed by atoms with Gasteiger partial charge in [0.15, 0.2) is 0 Å². The lowest BCUT2D eigenvalue weighted by Crippen LogP contribution is -2.18. The third kappa shape index (κ3) is 3.05. The fraction of sp³-hybridized carbons (Fsp3) is 0.385. The number of benzene rings is 1. The molecule has 2 aromatic rings. The minimum Gasteiger partial charge on any atom is -0.508 e. The van der Waals surface area contributed by atoms with Crippen LogP contribution in [0.15, 0.2) is 24.3 Å². The Bertz CT molecular complexity index is 512. The van der Waals surface area contributed by atoms with E-state index in [1.54, 1.807) is 23.5 Å². The molecule has 0 amide bonds. The molecule has 2 N–H and O–H groups in total. The van der Waals surface area contributed by atoms with Gasteiger partial charge in [0.05, 0.1) is 6.04 Å². The van der Waals surface area contributed by atoms with E-state index in [-0.39, 0.29) is 11.8 Å². The molecule has 0 aliphatic carbocycles. The van der Waals surface area contributed by atoms with Crippen LogP contribution in [-0.2, 0) is 0 Å². The molecule has 0 fully saturated rings. The number of nitrogens with zero attached hydrogens (tertiary/aromatic N) is 2. The summed E-state index contributed by atoms with van der Waals surface area (Å²) in [6, 6.07) is 7.30. The maximum absolute atomic E-state index is 9.45. The van der Waals surface area contributed by atoms with Gasteiger partial charge in [-0.2, -0.15) is 0 Å². The van der Waals surface area contributed by atoms with E-state index >= 15 is 0 Å². The standard InChI is InChI=1S/C13H17N3OS/c1-3-7-14-9(2)12-15-16-13(18-12)10-5-4-6-11(17)8-10/h4-6,8-9,14,17H,3,7H2,1-2H3. The Hall–Kier alpha value is -1.46. The van der Waals surface area contributed by atoms with Gasteiger partial charge in [0, 0.05) is 5.56 Å². The van der Waals surface area contributed by atoms with Crippen molar-refractivity contribution >= 4 is 11.3 Å². The normalized spacial score (nSPS) is 12.6. The van der Waals surface area contributed by atoms with Crippen LogP contribution < -0.4 is 5.32 Å². The maximum atomic E-state index is 9.45. The molecule has 1 unspecified atom stereocenters. The summed E-state index contributed by atoms with van der Waals surface area (Å²) < 4.78 is 0. The highest BCUT2D eigenvalue weighted by atomic mass is 32.1. The molecule has 1 atom stereocenters. The number of aromatic hydroxyl groups is 1. The molecular weight excluding hydrogens is 246 g/mol. The highest BCUT2D eigenvalue weighted by molar-refractivity contribution is 7.14. The Labute approximate surface area is 111 Å². The van der Waals surface area contributed by atoms with Crippen LogP contribution in [-0.4, -0.2) is 21.8 Å². The first-order valence-corrected chi connectivity index (χ1v) is 6.88. The summed E-state index contributed by atoms with van der Waals surface area (Å²) in [7, 11) is 0. The Balaban J connectivity index is 2.15. The van der Waals surface area contributed by atoms with Crippen molar-refractivity contribution in [3.63, 3.8) is 0 Å². The van der Waals surface area contributed by atoms with E-state index < -0.39 is 0 Å². The van der Waals surface area contributed by atoms with Crippen LogP contribution in [0.1, 0.15) is 31.3 Å². The first-order valence-electron chi connectivity index (χ1n) is 6.07. The zero-order valence-corrected chi connectivity index (χ0v) is 11.4. The number of hydrogen-bond donors (Lipinski definition) is 2. The SMILES string of the molecule is CCCNC(C)c1nnc(-c2cccc(O)c2)s1. The van der Waals surface area contributed by atoms with Gasteiger partial charge in [-0.05, 0) is 32.0 Å². The second-order valence-corrected chi connectivity index (χ2v) is 5.18. The van der Waals surface area contributed by atoms with Crippen molar-refractivity contribution in [3.05, 3.63) is 29.3 Å². The summed E-state index contributed by atoms with van der Waals surface area (Å²) in [5, 5.41) is 23.0. The van der Waals surface area contributed by atoms with Crippen LogP contribution in [0.3, 0.4) is 0 Å². The molecule has 0 radical (unpaired) electrons. The van der Waals surface area contributed by atoms with Crippen molar-refractivity contribution in [2.75, 3.05) is 6.54 Å². The molecule has 0 saturated carbocycles. The van der Waals surface area contributed by atoms with E-state index in [9.17, 15) is 5.11 Å². The van der Waals surface area contributed by atoms with Crippen LogP contribution >= 0.6 is 11.3 Å². The Morgan fingerprint density at radius 1 is 1.39 bits per heavy atom. The Kier molecular flexibility index (Phi) is 4.28. The Morgan fingerprint density at radius 3 is 2.94 bits per heavy atom. The summed E-state index contributed by atoms with van der Waals surface area (Å²) in [5.74, 6) is 0.251. The fourth-order valence-corrected chi connectivity index (χ4v) is 2.48. The highest BCUT2D eigenvalue weighted by Crippen LogP contribution is 2.28. The Morgan fingerprint density at radius 2 is 2.22 bits per heavy atom. The second-order valence-electron chi connectivity index (χ2n) is 4.17. The smallest absolute Gasteiger partial charge is 0.147 e. The molecule has 0 saturated heterocycles. The number of phenolic OH excluding ortho intramolecular Hbond substituents is 1. The maximum Gasteiger partial charge on any atom is 0.147 e. The van der Waals surface area contributed by atoms with E-state index in [0.29, 0.717) is 0 Å². The summed E-state index contributed by atoms with van der Waals surface area (Å²) in [6.45, 7) is 5.20. The van der Waals surface area contributed by atoms with E-state index in [0.717, 1.165) is 28.5 Å². The monoisotopic (exact) mass is 263 g/mol. The fourth-order valence-electron chi connectivity index (χ4n) is 1.61. The number of phenols is 1. The molecular formula is C13H17N3OS. The van der Waals surface area contributed by atoms with Crippen LogP contribution in [0.2, 0.25) is 0 Å². The van der Waals surface area contributed by atoms with Gasteiger partial charge in [-0.3, -0.25) is 0 Å². The minimum absolute atomic E-state index is 0.216. The molecule has 0 spiro atoms. The topological polar surface area (TPSA) is 58.0 Å². The van der Waals surface area contributed by atoms with E-state index in [1.807, 2.05) is 12.1 Å². The van der Waals surface area contributed by atoms with Gasteiger partial charge < -0.3 is 10.4 Å². The van der Waals surface area contributed by atoms with E-state index in [2.05, 4.69) is 29.4 Å². The molecule has 18 heavy (non-hydrogen) atoms. The summed E-state index contributed by atoms with van der Waals surface area (Å²) >= 11 is 1.56. The van der Waals surface area contributed by atoms with Crippen LogP contribution in [0, 0.1) is 0 Å². The largest absolute Gasteiger partial charge is 0.508 e. The van der Waals surface area contributed by atoms with Crippen molar-refractivity contribution in [2.24, 2.45) is 0 Å². The van der Waals surface area contributed by atoms with Gasteiger partial charge in [-0.25, -0.2) is 0 Å². The van der Waals surface area contributed by atoms with Gasteiger partial charge >= 0.3 is 0 Å². The van der Waals surface area contributed by atoms with Crippen molar-refractivity contribution < 1.29 is 5.11 Å². The molecule has 4 nitrogen and oxygen atoms in total. The highest BCUT2D eigenvalue weighted by Gasteiger charge is 2.12. The average Bonchev–Trinajstić information content (AvgIpc) is 2.85. The summed E-state index contributed by atoms with van der Waals surface area (Å²) in [6.07, 6.45) is 1.10. The van der Waals surface area contributed by atoms with Gasteiger partial charge in [-0.15, -0.1) is 10.2 Å². The lowest BCUT2D eigenvalue weighted by Gasteiger charge is -2.08. The van der Waals surface area contributed by atoms with Gasteiger partial charge in [-0.1, -0.05) is 30.4 Å². The number of aromatic nitrogens is 2. The number of hydrogen-bond acceptors (Lipinski definition) is 5. The molecule has 0 aliphatic rings. The average molecular weight is 263 g/mol. The molecule has 1 heterocycles. The first-order chi connectivity index (χ1) is 8.70. The van der Waals surface area contributed by atoms with Crippen molar-refractivity contribution in [1.29, 1.82) is 0 Å². The third-order valence-corrected chi connectivity index (χ3v) is 3.76. The predicted molar refractivity (Wildman–Crippen MR) is 73.7 cm³/mol. The van der Waals surface area contributed by atoms with Gasteiger partial charge in [0.2, 0.25) is 0 Å². The van der Waals surface area contributed by atoms with Crippen molar-refractivity contribution in [1.82, 2.24) is 15.5 Å². The molecule has 96 valence electrons. The summed E-state index contributed by atoms with van der Waals surface area (Å²) in [4.78, 5) is 0. The predicted octanol–water partition coefficient (Wildman–Crippen LogP) is 2.97. The molecule has 1 aromatic heterocycles.